The van der Waals surface area contributed by atoms with Crippen molar-refractivity contribution in [2.24, 2.45) is 16.7 Å². The lowest BCUT2D eigenvalue weighted by atomic mass is 9.69. The van der Waals surface area contributed by atoms with Gasteiger partial charge in [0.25, 0.3) is 0 Å². The standard InChI is InChI=1S/C18H30N4O/c1-17(2)13-4-7-18(17,3)15(12-13)21-16(23)20-14-5-9-22(10-6-14)11-8-19/h13-15H,4-7,9-12H2,1-3H3,(H2,20,21,23)/t13-,15+,18-/m0/s1. The highest BCUT2D eigenvalue weighted by atomic mass is 16.2. The van der Waals surface area contributed by atoms with Crippen molar-refractivity contribution in [1.82, 2.24) is 15.5 Å². The van der Waals surface area contributed by atoms with Gasteiger partial charge in [-0.2, -0.15) is 5.26 Å². The smallest absolute Gasteiger partial charge is 0.315 e. The second-order valence-electron chi connectivity index (χ2n) is 8.49. The van der Waals surface area contributed by atoms with Crippen LogP contribution in [-0.2, 0) is 0 Å². The van der Waals surface area contributed by atoms with Crippen LogP contribution in [0.4, 0.5) is 4.79 Å². The van der Waals surface area contributed by atoms with E-state index in [9.17, 15) is 4.79 Å². The summed E-state index contributed by atoms with van der Waals surface area (Å²) in [6.45, 7) is 9.38. The van der Waals surface area contributed by atoms with Crippen molar-refractivity contribution in [3.63, 3.8) is 0 Å². The third kappa shape index (κ3) is 2.82. The molecule has 0 aromatic heterocycles. The summed E-state index contributed by atoms with van der Waals surface area (Å²) in [4.78, 5) is 14.6. The van der Waals surface area contributed by atoms with E-state index in [1.54, 1.807) is 0 Å². The van der Waals surface area contributed by atoms with Crippen molar-refractivity contribution in [2.45, 2.75) is 65.0 Å². The third-order valence-corrected chi connectivity index (χ3v) is 7.32. The quantitative estimate of drug-likeness (QED) is 0.786. The highest BCUT2D eigenvalue weighted by Crippen LogP contribution is 2.65. The molecule has 2 saturated carbocycles. The summed E-state index contributed by atoms with van der Waals surface area (Å²) >= 11 is 0. The molecule has 3 aliphatic rings. The first-order valence-electron chi connectivity index (χ1n) is 9.03. The van der Waals surface area contributed by atoms with Crippen LogP contribution >= 0.6 is 0 Å². The molecule has 2 bridgehead atoms. The molecule has 0 radical (unpaired) electrons. The minimum absolute atomic E-state index is 0.00157. The number of carbonyl (C=O) groups excluding carboxylic acids is 1. The molecule has 3 rings (SSSR count). The van der Waals surface area contributed by atoms with Gasteiger partial charge in [-0.15, -0.1) is 0 Å². The Hall–Kier alpha value is -1.28. The van der Waals surface area contributed by atoms with Crippen LogP contribution in [-0.4, -0.2) is 42.6 Å². The van der Waals surface area contributed by atoms with Crippen molar-refractivity contribution >= 4 is 6.03 Å². The lowest BCUT2D eigenvalue weighted by Gasteiger charge is -2.39. The van der Waals surface area contributed by atoms with Crippen molar-refractivity contribution in [3.8, 4) is 6.07 Å². The highest BCUT2D eigenvalue weighted by Gasteiger charge is 2.61. The molecule has 0 aromatic rings. The molecule has 2 amide bonds. The lowest BCUT2D eigenvalue weighted by Crippen LogP contribution is -2.53. The summed E-state index contributed by atoms with van der Waals surface area (Å²) in [6, 6.07) is 2.73. The third-order valence-electron chi connectivity index (χ3n) is 7.32. The van der Waals surface area contributed by atoms with Crippen molar-refractivity contribution in [2.75, 3.05) is 19.6 Å². The average Bonchev–Trinajstić information content (AvgIpc) is 2.83. The molecule has 1 heterocycles. The lowest BCUT2D eigenvalue weighted by molar-refractivity contribution is 0.122. The maximum absolute atomic E-state index is 12.4. The maximum atomic E-state index is 12.4. The zero-order valence-electron chi connectivity index (χ0n) is 14.7. The van der Waals surface area contributed by atoms with Gasteiger partial charge in [0.1, 0.15) is 0 Å². The minimum Gasteiger partial charge on any atom is -0.335 e. The van der Waals surface area contributed by atoms with Gasteiger partial charge in [0.15, 0.2) is 0 Å². The zero-order chi connectivity index (χ0) is 16.7. The fraction of sp³-hybridized carbons (Fsp3) is 0.889. The fourth-order valence-corrected chi connectivity index (χ4v) is 5.14. The Bertz CT molecular complexity index is 504. The maximum Gasteiger partial charge on any atom is 0.315 e. The predicted molar refractivity (Wildman–Crippen MR) is 89.8 cm³/mol. The van der Waals surface area contributed by atoms with Crippen LogP contribution in [0.5, 0.6) is 0 Å². The van der Waals surface area contributed by atoms with E-state index < -0.39 is 0 Å². The van der Waals surface area contributed by atoms with E-state index >= 15 is 0 Å². The number of hydrogen-bond donors (Lipinski definition) is 2. The fourth-order valence-electron chi connectivity index (χ4n) is 5.14. The van der Waals surface area contributed by atoms with E-state index in [-0.39, 0.29) is 17.5 Å². The number of amides is 2. The Morgan fingerprint density at radius 2 is 1.91 bits per heavy atom. The average molecular weight is 318 g/mol. The van der Waals surface area contributed by atoms with Gasteiger partial charge < -0.3 is 10.6 Å². The molecule has 1 aliphatic heterocycles. The molecular formula is C18H30N4O. The number of piperidine rings is 1. The van der Waals surface area contributed by atoms with Gasteiger partial charge in [0, 0.05) is 25.2 Å². The molecule has 2 aliphatic carbocycles. The van der Waals surface area contributed by atoms with Crippen LogP contribution < -0.4 is 10.6 Å². The number of hydrogen-bond acceptors (Lipinski definition) is 3. The summed E-state index contributed by atoms with van der Waals surface area (Å²) in [7, 11) is 0. The summed E-state index contributed by atoms with van der Waals surface area (Å²) in [5.74, 6) is 0.743. The van der Waals surface area contributed by atoms with Gasteiger partial charge in [-0.05, 0) is 48.9 Å². The molecule has 1 saturated heterocycles. The van der Waals surface area contributed by atoms with Gasteiger partial charge in [0.2, 0.25) is 0 Å². The number of fused-ring (bicyclic) bond motifs is 2. The van der Waals surface area contributed by atoms with Gasteiger partial charge in [-0.25, -0.2) is 4.79 Å². The molecule has 3 atom stereocenters. The Balaban J connectivity index is 1.49. The molecule has 2 N–H and O–H groups in total. The van der Waals surface area contributed by atoms with E-state index in [4.69, 9.17) is 5.26 Å². The van der Waals surface area contributed by atoms with Gasteiger partial charge >= 0.3 is 6.03 Å². The Kier molecular flexibility index (Phi) is 4.31. The molecular weight excluding hydrogens is 288 g/mol. The SMILES string of the molecule is CC1(C)[C@H]2CC[C@@]1(C)[C@H](NC(=O)NC1CCN(CC#N)CC1)C2. The van der Waals surface area contributed by atoms with Gasteiger partial charge in [-0.1, -0.05) is 20.8 Å². The van der Waals surface area contributed by atoms with E-state index in [0.717, 1.165) is 38.3 Å². The molecule has 5 nitrogen and oxygen atoms in total. The van der Waals surface area contributed by atoms with Crippen LogP contribution in [0.15, 0.2) is 0 Å². The molecule has 3 fully saturated rings. The number of nitriles is 1. The number of likely N-dealkylation sites (tertiary alicyclic amines) is 1. The molecule has 0 unspecified atom stereocenters. The van der Waals surface area contributed by atoms with E-state index in [0.29, 0.717) is 18.0 Å². The molecule has 128 valence electrons. The number of carbonyl (C=O) groups is 1. The van der Waals surface area contributed by atoms with E-state index in [1.807, 2.05) is 0 Å². The van der Waals surface area contributed by atoms with Gasteiger partial charge in [0.05, 0.1) is 12.6 Å². The summed E-state index contributed by atoms with van der Waals surface area (Å²) < 4.78 is 0. The monoisotopic (exact) mass is 318 g/mol. The van der Waals surface area contributed by atoms with Crippen LogP contribution in [0.3, 0.4) is 0 Å². The van der Waals surface area contributed by atoms with Crippen molar-refractivity contribution in [1.29, 1.82) is 5.26 Å². The normalized spacial score (nSPS) is 36.6. The summed E-state index contributed by atoms with van der Waals surface area (Å²) in [5, 5.41) is 15.2. The largest absolute Gasteiger partial charge is 0.335 e. The molecule has 0 spiro atoms. The van der Waals surface area contributed by atoms with Crippen LogP contribution in [0, 0.1) is 28.1 Å². The number of nitrogens with one attached hydrogen (secondary N) is 2. The van der Waals surface area contributed by atoms with E-state index in [1.165, 1.54) is 12.8 Å². The Morgan fingerprint density at radius 3 is 2.43 bits per heavy atom. The first-order chi connectivity index (χ1) is 10.9. The second kappa shape index (κ2) is 5.98. The van der Waals surface area contributed by atoms with Crippen molar-refractivity contribution in [3.05, 3.63) is 0 Å². The highest BCUT2D eigenvalue weighted by molar-refractivity contribution is 5.74. The Morgan fingerprint density at radius 1 is 1.22 bits per heavy atom. The zero-order valence-corrected chi connectivity index (χ0v) is 14.7. The number of nitrogens with zero attached hydrogens (tertiary/aromatic N) is 2. The Labute approximate surface area is 139 Å². The molecule has 5 heteroatoms. The number of rotatable bonds is 3. The second-order valence-corrected chi connectivity index (χ2v) is 8.49. The molecule has 23 heavy (non-hydrogen) atoms. The summed E-state index contributed by atoms with van der Waals surface area (Å²) in [5.41, 5.74) is 0.554. The topological polar surface area (TPSA) is 68.2 Å². The van der Waals surface area contributed by atoms with Gasteiger partial charge in [-0.3, -0.25) is 4.90 Å². The molecule has 0 aromatic carbocycles. The summed E-state index contributed by atoms with van der Waals surface area (Å²) in [6.07, 6.45) is 5.52. The van der Waals surface area contributed by atoms with Crippen molar-refractivity contribution < 1.29 is 4.79 Å². The first kappa shape index (κ1) is 16.6. The minimum atomic E-state index is -0.00157. The van der Waals surface area contributed by atoms with E-state index in [2.05, 4.69) is 42.4 Å². The first-order valence-corrected chi connectivity index (χ1v) is 9.03. The number of urea groups is 1. The van der Waals surface area contributed by atoms with Crippen LogP contribution in [0.2, 0.25) is 0 Å². The van der Waals surface area contributed by atoms with Crippen LogP contribution in [0.1, 0.15) is 52.9 Å². The van der Waals surface area contributed by atoms with Crippen LogP contribution in [0.25, 0.3) is 0 Å². The predicted octanol–water partition coefficient (Wildman–Crippen LogP) is 2.49.